The quantitative estimate of drug-likeness (QED) is 0.579. The van der Waals surface area contributed by atoms with E-state index in [0.717, 1.165) is 24.4 Å². The molecule has 1 heteroatoms. The summed E-state index contributed by atoms with van der Waals surface area (Å²) in [5, 5.41) is 3.93. The van der Waals surface area contributed by atoms with Crippen LogP contribution in [0.15, 0.2) is 0 Å². The van der Waals surface area contributed by atoms with Gasteiger partial charge in [0.1, 0.15) is 0 Å². The number of unbranched alkanes of at least 4 members (excludes halogenated alkanes) is 3. The molecule has 4 aliphatic rings. The smallest absolute Gasteiger partial charge is 0.0124 e. The Morgan fingerprint density at radius 1 is 1.00 bits per heavy atom. The molecule has 0 spiro atoms. The average molecular weight is 292 g/mol. The maximum absolute atomic E-state index is 3.93. The van der Waals surface area contributed by atoms with Gasteiger partial charge < -0.3 is 5.32 Å². The molecule has 0 aliphatic heterocycles. The first-order valence-electron chi connectivity index (χ1n) is 9.82. The van der Waals surface area contributed by atoms with E-state index in [9.17, 15) is 0 Å². The second-order valence-corrected chi connectivity index (χ2v) is 9.09. The molecule has 4 aliphatic carbocycles. The summed E-state index contributed by atoms with van der Waals surface area (Å²) in [5.74, 6) is 2.13. The van der Waals surface area contributed by atoms with Crippen LogP contribution < -0.4 is 5.32 Å². The molecule has 0 saturated heterocycles. The molecule has 0 heterocycles. The zero-order valence-electron chi connectivity index (χ0n) is 14.7. The van der Waals surface area contributed by atoms with Gasteiger partial charge in [-0.15, -0.1) is 0 Å². The lowest BCUT2D eigenvalue weighted by Gasteiger charge is -2.63. The highest BCUT2D eigenvalue weighted by Gasteiger charge is 2.57. The van der Waals surface area contributed by atoms with Crippen LogP contribution >= 0.6 is 0 Å². The Balaban J connectivity index is 1.69. The molecule has 0 radical (unpaired) electrons. The Morgan fingerprint density at radius 2 is 1.71 bits per heavy atom. The van der Waals surface area contributed by atoms with Gasteiger partial charge in [0.15, 0.2) is 0 Å². The second-order valence-electron chi connectivity index (χ2n) is 9.09. The minimum absolute atomic E-state index is 0.668. The largest absolute Gasteiger partial charge is 0.314 e. The van der Waals surface area contributed by atoms with E-state index >= 15 is 0 Å². The van der Waals surface area contributed by atoms with Crippen LogP contribution in [0.2, 0.25) is 0 Å². The third-order valence-corrected chi connectivity index (χ3v) is 6.93. The molecule has 4 fully saturated rings. The molecule has 4 bridgehead atoms. The second kappa shape index (κ2) is 6.22. The fourth-order valence-corrected chi connectivity index (χ4v) is 6.85. The van der Waals surface area contributed by atoms with Crippen molar-refractivity contribution >= 4 is 0 Å². The van der Waals surface area contributed by atoms with Crippen molar-refractivity contribution in [2.24, 2.45) is 22.7 Å². The van der Waals surface area contributed by atoms with E-state index in [2.05, 4.69) is 26.1 Å². The first-order valence-corrected chi connectivity index (χ1v) is 9.82. The van der Waals surface area contributed by atoms with Crippen molar-refractivity contribution in [2.45, 2.75) is 97.4 Å². The van der Waals surface area contributed by atoms with Crippen molar-refractivity contribution in [3.8, 4) is 0 Å². The van der Waals surface area contributed by atoms with Crippen molar-refractivity contribution < 1.29 is 0 Å². The molecule has 21 heavy (non-hydrogen) atoms. The van der Waals surface area contributed by atoms with Gasteiger partial charge in [0.05, 0.1) is 0 Å². The van der Waals surface area contributed by atoms with Gasteiger partial charge in [-0.3, -0.25) is 0 Å². The summed E-state index contributed by atoms with van der Waals surface area (Å²) in [6.45, 7) is 8.40. The Hall–Kier alpha value is -0.0400. The molecule has 0 aromatic rings. The summed E-state index contributed by atoms with van der Waals surface area (Å²) in [6.07, 6.45) is 16.4. The predicted molar refractivity (Wildman–Crippen MR) is 91.4 cm³/mol. The van der Waals surface area contributed by atoms with E-state index < -0.39 is 0 Å². The summed E-state index contributed by atoms with van der Waals surface area (Å²) in [6, 6.07) is 0.810. The predicted octanol–water partition coefficient (Wildman–Crippen LogP) is 5.54. The molecule has 4 rings (SSSR count). The number of rotatable bonds is 8. The van der Waals surface area contributed by atoms with E-state index in [1.54, 1.807) is 32.1 Å². The van der Waals surface area contributed by atoms with Crippen molar-refractivity contribution in [3.63, 3.8) is 0 Å². The zero-order valence-corrected chi connectivity index (χ0v) is 14.7. The van der Waals surface area contributed by atoms with Gasteiger partial charge in [0, 0.05) is 6.04 Å². The zero-order chi connectivity index (χ0) is 14.9. The van der Waals surface area contributed by atoms with Crippen LogP contribution in [0.25, 0.3) is 0 Å². The Morgan fingerprint density at radius 3 is 2.29 bits per heavy atom. The molecule has 3 unspecified atom stereocenters. The van der Waals surface area contributed by atoms with Crippen LogP contribution in [-0.2, 0) is 0 Å². The van der Waals surface area contributed by atoms with Crippen molar-refractivity contribution in [2.75, 3.05) is 6.54 Å². The molecule has 0 amide bonds. The highest BCUT2D eigenvalue weighted by atomic mass is 14.9. The molecule has 122 valence electrons. The third kappa shape index (κ3) is 3.19. The fraction of sp³-hybridized carbons (Fsp3) is 1.00. The molecule has 0 aromatic heterocycles. The lowest BCUT2D eigenvalue weighted by atomic mass is 9.43. The third-order valence-electron chi connectivity index (χ3n) is 6.93. The lowest BCUT2D eigenvalue weighted by molar-refractivity contribution is -0.119. The van der Waals surface area contributed by atoms with Gasteiger partial charge in [-0.25, -0.2) is 0 Å². The maximum Gasteiger partial charge on any atom is 0.0124 e. The highest BCUT2D eigenvalue weighted by Crippen LogP contribution is 2.66. The molecule has 1 N–H and O–H groups in total. The number of hydrogen-bond donors (Lipinski definition) is 1. The summed E-state index contributed by atoms with van der Waals surface area (Å²) >= 11 is 0. The van der Waals surface area contributed by atoms with Crippen LogP contribution in [0.1, 0.15) is 91.4 Å². The van der Waals surface area contributed by atoms with Crippen LogP contribution in [0.4, 0.5) is 0 Å². The van der Waals surface area contributed by atoms with E-state index in [0.29, 0.717) is 10.8 Å². The van der Waals surface area contributed by atoms with Crippen LogP contribution in [0.3, 0.4) is 0 Å². The Kier molecular flexibility index (Phi) is 4.69. The van der Waals surface area contributed by atoms with Crippen molar-refractivity contribution in [1.82, 2.24) is 5.32 Å². The molecular formula is C20H37N. The van der Waals surface area contributed by atoms with Gasteiger partial charge in [-0.05, 0) is 74.2 Å². The minimum Gasteiger partial charge on any atom is -0.314 e. The van der Waals surface area contributed by atoms with Crippen LogP contribution in [-0.4, -0.2) is 12.6 Å². The first kappa shape index (κ1) is 15.8. The first-order chi connectivity index (χ1) is 10.1. The molecule has 1 nitrogen and oxygen atoms in total. The number of hydrogen-bond acceptors (Lipinski definition) is 1. The van der Waals surface area contributed by atoms with E-state index in [1.165, 1.54) is 38.5 Å². The van der Waals surface area contributed by atoms with Gasteiger partial charge in [0.25, 0.3) is 0 Å². The Labute approximate surface area is 132 Å². The standard InChI is InChI=1S/C20H37N/c1-4-6-7-8-9-18(21-5-2)20-13-16-10-17(14-20)12-19(3,11-16)15-20/h16-18,21H,4-15H2,1-3H3. The molecule has 4 saturated carbocycles. The summed E-state index contributed by atoms with van der Waals surface area (Å²) in [5.41, 5.74) is 1.36. The van der Waals surface area contributed by atoms with Crippen LogP contribution in [0.5, 0.6) is 0 Å². The SMILES string of the molecule is CCCCCCC(NCC)C12CC3CC(CC(C)(C3)C1)C2. The summed E-state index contributed by atoms with van der Waals surface area (Å²) in [4.78, 5) is 0. The van der Waals surface area contributed by atoms with Gasteiger partial charge in [-0.2, -0.15) is 0 Å². The van der Waals surface area contributed by atoms with Gasteiger partial charge in [-0.1, -0.05) is 46.5 Å². The topological polar surface area (TPSA) is 12.0 Å². The van der Waals surface area contributed by atoms with Crippen molar-refractivity contribution in [1.29, 1.82) is 0 Å². The van der Waals surface area contributed by atoms with Crippen LogP contribution in [0, 0.1) is 22.7 Å². The van der Waals surface area contributed by atoms with Crippen molar-refractivity contribution in [3.05, 3.63) is 0 Å². The van der Waals surface area contributed by atoms with Gasteiger partial charge in [0.2, 0.25) is 0 Å². The number of nitrogens with one attached hydrogen (secondary N) is 1. The fourth-order valence-electron chi connectivity index (χ4n) is 6.85. The van der Waals surface area contributed by atoms with Gasteiger partial charge >= 0.3 is 0 Å². The highest BCUT2D eigenvalue weighted by molar-refractivity contribution is 5.09. The Bertz CT molecular complexity index is 334. The van der Waals surface area contributed by atoms with E-state index in [1.807, 2.05) is 0 Å². The normalized spacial score (nSPS) is 42.4. The summed E-state index contributed by atoms with van der Waals surface area (Å²) in [7, 11) is 0. The molecule has 0 aromatic carbocycles. The minimum atomic E-state index is 0.668. The maximum atomic E-state index is 3.93. The average Bonchev–Trinajstić information content (AvgIpc) is 2.39. The lowest BCUT2D eigenvalue weighted by Crippen LogP contribution is -2.58. The molecular weight excluding hydrogens is 254 g/mol. The van der Waals surface area contributed by atoms with E-state index in [4.69, 9.17) is 0 Å². The van der Waals surface area contributed by atoms with E-state index in [-0.39, 0.29) is 0 Å². The summed E-state index contributed by atoms with van der Waals surface area (Å²) < 4.78 is 0. The molecule has 3 atom stereocenters. The monoisotopic (exact) mass is 291 g/mol.